The van der Waals surface area contributed by atoms with Gasteiger partial charge in [-0.05, 0) is 49.3 Å². The number of carbonyl (C=O) groups is 2. The van der Waals surface area contributed by atoms with Gasteiger partial charge in [-0.25, -0.2) is 4.39 Å². The minimum atomic E-state index is -0.903. The summed E-state index contributed by atoms with van der Waals surface area (Å²) in [4.78, 5) is 23.8. The lowest BCUT2D eigenvalue weighted by Gasteiger charge is -2.27. The number of aliphatic carboxylic acids is 1. The summed E-state index contributed by atoms with van der Waals surface area (Å²) in [5.41, 5.74) is 0.387. The molecule has 0 aromatic heterocycles. The molecule has 21 heavy (non-hydrogen) atoms. The number of hydrogen-bond acceptors (Lipinski definition) is 2. The molecule has 0 aliphatic heterocycles. The fourth-order valence-corrected chi connectivity index (χ4v) is 4.00. The molecule has 0 saturated heterocycles. The first-order valence-electron chi connectivity index (χ1n) is 6.96. The Morgan fingerprint density at radius 1 is 1.24 bits per heavy atom. The third-order valence-corrected chi connectivity index (χ3v) is 4.98. The maximum absolute atomic E-state index is 13.1. The summed E-state index contributed by atoms with van der Waals surface area (Å²) in [5.74, 6) is -2.66. The minimum absolute atomic E-state index is 0.0736. The van der Waals surface area contributed by atoms with Crippen LogP contribution in [0.15, 0.2) is 18.2 Å². The number of carbonyl (C=O) groups excluding carboxylic acids is 1. The number of anilines is 1. The Hall–Kier alpha value is -1.62. The standard InChI is InChI=1S/C15H15ClFNO3/c16-10-6-9(3-4-11(10)17)18-14(19)12-7-1-2-8(5-7)13(12)15(20)21/h3-4,6-8,12-13H,1-2,5H2,(H,18,19)(H,20,21)/t7-,8+,12-,13+/m1/s1. The van der Waals surface area contributed by atoms with E-state index in [0.717, 1.165) is 19.3 Å². The number of carboxylic acid groups (broad SMARTS) is 1. The summed E-state index contributed by atoms with van der Waals surface area (Å²) >= 11 is 5.68. The number of fused-ring (bicyclic) bond motifs is 2. The molecule has 0 unspecified atom stereocenters. The van der Waals surface area contributed by atoms with Crippen molar-refractivity contribution >= 4 is 29.2 Å². The molecule has 2 N–H and O–H groups in total. The molecule has 112 valence electrons. The Bertz CT molecular complexity index is 607. The minimum Gasteiger partial charge on any atom is -0.481 e. The van der Waals surface area contributed by atoms with E-state index in [-0.39, 0.29) is 22.8 Å². The van der Waals surface area contributed by atoms with Crippen LogP contribution in [-0.4, -0.2) is 17.0 Å². The largest absolute Gasteiger partial charge is 0.481 e. The van der Waals surface area contributed by atoms with Crippen LogP contribution in [0.5, 0.6) is 0 Å². The molecule has 4 atom stereocenters. The Balaban J connectivity index is 1.78. The molecule has 2 fully saturated rings. The van der Waals surface area contributed by atoms with E-state index in [0.29, 0.717) is 5.69 Å². The highest BCUT2D eigenvalue weighted by Crippen LogP contribution is 2.52. The fraction of sp³-hybridized carbons (Fsp3) is 0.467. The van der Waals surface area contributed by atoms with Crippen LogP contribution in [0.1, 0.15) is 19.3 Å². The predicted molar refractivity (Wildman–Crippen MR) is 75.5 cm³/mol. The first-order chi connectivity index (χ1) is 9.97. The Kier molecular flexibility index (Phi) is 3.61. The second-order valence-electron chi connectivity index (χ2n) is 5.84. The average Bonchev–Trinajstić information content (AvgIpc) is 3.03. The van der Waals surface area contributed by atoms with Crippen molar-refractivity contribution in [3.05, 3.63) is 29.0 Å². The summed E-state index contributed by atoms with van der Waals surface area (Å²) in [7, 11) is 0. The van der Waals surface area contributed by atoms with Gasteiger partial charge in [0.1, 0.15) is 5.82 Å². The van der Waals surface area contributed by atoms with Crippen molar-refractivity contribution in [2.45, 2.75) is 19.3 Å². The van der Waals surface area contributed by atoms with E-state index in [1.165, 1.54) is 18.2 Å². The third-order valence-electron chi connectivity index (χ3n) is 4.69. The second-order valence-corrected chi connectivity index (χ2v) is 6.25. The van der Waals surface area contributed by atoms with Gasteiger partial charge in [-0.2, -0.15) is 0 Å². The van der Waals surface area contributed by atoms with Crippen LogP contribution < -0.4 is 5.32 Å². The lowest BCUT2D eigenvalue weighted by molar-refractivity contribution is -0.148. The molecule has 1 aromatic carbocycles. The summed E-state index contributed by atoms with van der Waals surface area (Å²) in [5, 5.41) is 11.9. The van der Waals surface area contributed by atoms with Gasteiger partial charge in [0.05, 0.1) is 16.9 Å². The quantitative estimate of drug-likeness (QED) is 0.901. The van der Waals surface area contributed by atoms with E-state index in [1.807, 2.05) is 0 Å². The molecule has 1 aromatic rings. The number of rotatable bonds is 3. The summed E-state index contributed by atoms with van der Waals surface area (Å²) in [6.45, 7) is 0. The van der Waals surface area contributed by atoms with Crippen molar-refractivity contribution in [1.29, 1.82) is 0 Å². The van der Waals surface area contributed by atoms with Crippen molar-refractivity contribution in [3.8, 4) is 0 Å². The van der Waals surface area contributed by atoms with Crippen molar-refractivity contribution < 1.29 is 19.1 Å². The second kappa shape index (κ2) is 5.30. The van der Waals surface area contributed by atoms with Gasteiger partial charge in [0, 0.05) is 5.69 Å². The highest BCUT2D eigenvalue weighted by molar-refractivity contribution is 6.31. The Morgan fingerprint density at radius 3 is 2.52 bits per heavy atom. The van der Waals surface area contributed by atoms with Gasteiger partial charge in [-0.15, -0.1) is 0 Å². The first kappa shape index (κ1) is 14.3. The van der Waals surface area contributed by atoms with Crippen LogP contribution in [0.4, 0.5) is 10.1 Å². The van der Waals surface area contributed by atoms with Crippen molar-refractivity contribution in [3.63, 3.8) is 0 Å². The Morgan fingerprint density at radius 2 is 1.90 bits per heavy atom. The molecule has 2 aliphatic rings. The van der Waals surface area contributed by atoms with Gasteiger partial charge in [0.25, 0.3) is 0 Å². The topological polar surface area (TPSA) is 66.4 Å². The molecule has 2 aliphatic carbocycles. The zero-order valence-corrected chi connectivity index (χ0v) is 11.9. The monoisotopic (exact) mass is 311 g/mol. The van der Waals surface area contributed by atoms with E-state index in [1.54, 1.807) is 0 Å². The van der Waals surface area contributed by atoms with Crippen LogP contribution in [0.3, 0.4) is 0 Å². The molecule has 3 rings (SSSR count). The van der Waals surface area contributed by atoms with Crippen LogP contribution in [-0.2, 0) is 9.59 Å². The van der Waals surface area contributed by atoms with Crippen LogP contribution in [0.25, 0.3) is 0 Å². The molecule has 1 amide bonds. The van der Waals surface area contributed by atoms with Crippen molar-refractivity contribution in [2.75, 3.05) is 5.32 Å². The van der Waals surface area contributed by atoms with E-state index >= 15 is 0 Å². The van der Waals surface area contributed by atoms with Crippen LogP contribution in [0.2, 0.25) is 5.02 Å². The fourth-order valence-electron chi connectivity index (χ4n) is 3.82. The SMILES string of the molecule is O=C(Nc1ccc(F)c(Cl)c1)[C@@H]1[C@@H]2CC[C@@H](C2)[C@@H]1C(=O)O. The highest BCUT2D eigenvalue weighted by atomic mass is 35.5. The van der Waals surface area contributed by atoms with E-state index in [2.05, 4.69) is 5.32 Å². The van der Waals surface area contributed by atoms with E-state index in [4.69, 9.17) is 11.6 Å². The average molecular weight is 312 g/mol. The molecule has 2 bridgehead atoms. The lowest BCUT2D eigenvalue weighted by atomic mass is 9.78. The summed E-state index contributed by atoms with van der Waals surface area (Å²) in [6, 6.07) is 3.92. The van der Waals surface area contributed by atoms with Crippen LogP contribution >= 0.6 is 11.6 Å². The first-order valence-corrected chi connectivity index (χ1v) is 7.34. The number of hydrogen-bond donors (Lipinski definition) is 2. The van der Waals surface area contributed by atoms with Crippen LogP contribution in [0, 0.1) is 29.5 Å². The third kappa shape index (κ3) is 2.50. The number of halogens is 2. The molecule has 0 radical (unpaired) electrons. The number of amides is 1. The zero-order valence-electron chi connectivity index (χ0n) is 11.2. The van der Waals surface area contributed by atoms with Gasteiger partial charge in [-0.3, -0.25) is 9.59 Å². The lowest BCUT2D eigenvalue weighted by Crippen LogP contribution is -2.37. The molecular formula is C15H15ClFNO3. The van der Waals surface area contributed by atoms with E-state index < -0.39 is 23.6 Å². The molecule has 0 spiro atoms. The van der Waals surface area contributed by atoms with Gasteiger partial charge in [0.15, 0.2) is 0 Å². The number of carboxylic acids is 1. The van der Waals surface area contributed by atoms with Gasteiger partial charge in [-0.1, -0.05) is 11.6 Å². The van der Waals surface area contributed by atoms with E-state index in [9.17, 15) is 19.1 Å². The maximum Gasteiger partial charge on any atom is 0.307 e. The van der Waals surface area contributed by atoms with Gasteiger partial charge < -0.3 is 10.4 Å². The molecule has 6 heteroatoms. The highest BCUT2D eigenvalue weighted by Gasteiger charge is 2.53. The normalized spacial score (nSPS) is 30.4. The summed E-state index contributed by atoms with van der Waals surface area (Å²) < 4.78 is 13.1. The van der Waals surface area contributed by atoms with Crippen molar-refractivity contribution in [2.24, 2.45) is 23.7 Å². The smallest absolute Gasteiger partial charge is 0.307 e. The van der Waals surface area contributed by atoms with Crippen molar-refractivity contribution in [1.82, 2.24) is 0 Å². The maximum atomic E-state index is 13.1. The number of benzene rings is 1. The molecule has 4 nitrogen and oxygen atoms in total. The zero-order chi connectivity index (χ0) is 15.1. The molecule has 0 heterocycles. The van der Waals surface area contributed by atoms with Gasteiger partial charge in [0.2, 0.25) is 5.91 Å². The summed E-state index contributed by atoms with van der Waals surface area (Å²) in [6.07, 6.45) is 2.59. The molecule has 2 saturated carbocycles. The molecular weight excluding hydrogens is 297 g/mol. The predicted octanol–water partition coefficient (Wildman–Crippen LogP) is 3.16. The van der Waals surface area contributed by atoms with Gasteiger partial charge >= 0.3 is 5.97 Å². The Labute approximate surface area is 126 Å². The number of nitrogens with one attached hydrogen (secondary N) is 1.